The minimum Gasteiger partial charge on any atom is -0.273 e. The third-order valence-electron chi connectivity index (χ3n) is 4.67. The number of para-hydroxylation sites is 1. The molecule has 24 heavy (non-hydrogen) atoms. The molecule has 3 heteroatoms. The van der Waals surface area contributed by atoms with Crippen LogP contribution < -0.4 is 4.90 Å². The summed E-state index contributed by atoms with van der Waals surface area (Å²) >= 11 is 0. The molecule has 1 amide bonds. The van der Waals surface area contributed by atoms with Crippen molar-refractivity contribution in [2.75, 3.05) is 4.90 Å². The van der Waals surface area contributed by atoms with Gasteiger partial charge in [-0.1, -0.05) is 63.2 Å². The molecule has 1 atom stereocenters. The molecule has 0 aliphatic carbocycles. The van der Waals surface area contributed by atoms with E-state index in [0.29, 0.717) is 0 Å². The van der Waals surface area contributed by atoms with Crippen LogP contribution in [0.25, 0.3) is 10.8 Å². The van der Waals surface area contributed by atoms with Gasteiger partial charge in [-0.2, -0.15) is 0 Å². The Morgan fingerprint density at radius 2 is 1.62 bits per heavy atom. The lowest BCUT2D eigenvalue weighted by atomic mass is 9.76. The second-order valence-electron chi connectivity index (χ2n) is 7.39. The number of benzene rings is 2. The molecule has 0 spiro atoms. The minimum absolute atomic E-state index is 0.104. The van der Waals surface area contributed by atoms with Gasteiger partial charge in [0, 0.05) is 17.1 Å². The number of nitrogens with zero attached hydrogens (tertiary/aromatic N) is 2. The Morgan fingerprint density at radius 3 is 2.33 bits per heavy atom. The number of fused-ring (bicyclic) bond motifs is 3. The first-order valence-electron chi connectivity index (χ1n) is 8.25. The van der Waals surface area contributed by atoms with Gasteiger partial charge in [-0.15, -0.1) is 0 Å². The van der Waals surface area contributed by atoms with Crippen LogP contribution in [0.15, 0.2) is 60.8 Å². The highest BCUT2D eigenvalue weighted by molar-refractivity contribution is 6.13. The molecule has 0 saturated heterocycles. The summed E-state index contributed by atoms with van der Waals surface area (Å²) in [6.45, 7) is 6.36. The molecular formula is C21H20N2O. The summed E-state index contributed by atoms with van der Waals surface area (Å²) in [5.74, 6) is 0.670. The van der Waals surface area contributed by atoms with Gasteiger partial charge in [0.05, 0.1) is 11.6 Å². The fourth-order valence-electron chi connectivity index (χ4n) is 3.63. The number of carbonyl (C=O) groups is 1. The van der Waals surface area contributed by atoms with Gasteiger partial charge in [-0.05, 0) is 22.9 Å². The van der Waals surface area contributed by atoms with Crippen molar-refractivity contribution in [1.29, 1.82) is 0 Å². The first-order valence-corrected chi connectivity index (χ1v) is 8.25. The predicted octanol–water partition coefficient (Wildman–Crippen LogP) is 5.04. The van der Waals surface area contributed by atoms with Gasteiger partial charge in [0.15, 0.2) is 0 Å². The molecule has 0 saturated carbocycles. The van der Waals surface area contributed by atoms with E-state index < -0.39 is 0 Å². The van der Waals surface area contributed by atoms with Crippen molar-refractivity contribution >= 4 is 28.2 Å². The Labute approximate surface area is 141 Å². The highest BCUT2D eigenvalue weighted by atomic mass is 16.2. The van der Waals surface area contributed by atoms with Gasteiger partial charge in [-0.25, -0.2) is 4.98 Å². The van der Waals surface area contributed by atoms with Crippen LogP contribution in [-0.2, 0) is 4.79 Å². The lowest BCUT2D eigenvalue weighted by Gasteiger charge is -2.26. The second-order valence-corrected chi connectivity index (χ2v) is 7.39. The zero-order valence-electron chi connectivity index (χ0n) is 14.2. The van der Waals surface area contributed by atoms with Crippen LogP contribution in [0.2, 0.25) is 0 Å². The summed E-state index contributed by atoms with van der Waals surface area (Å²) in [6.07, 6.45) is 1.86. The van der Waals surface area contributed by atoms with Crippen LogP contribution in [-0.4, -0.2) is 10.9 Å². The van der Waals surface area contributed by atoms with Crippen molar-refractivity contribution < 1.29 is 4.79 Å². The topological polar surface area (TPSA) is 33.2 Å². The maximum absolute atomic E-state index is 13.3. The van der Waals surface area contributed by atoms with E-state index in [0.717, 1.165) is 27.8 Å². The van der Waals surface area contributed by atoms with E-state index >= 15 is 0 Å². The van der Waals surface area contributed by atoms with Gasteiger partial charge in [-0.3, -0.25) is 9.69 Å². The molecule has 0 N–H and O–H groups in total. The van der Waals surface area contributed by atoms with Crippen molar-refractivity contribution in [2.24, 2.45) is 5.41 Å². The molecule has 1 aliphatic rings. The lowest BCUT2D eigenvalue weighted by Crippen LogP contribution is -2.30. The Balaban J connectivity index is 2.04. The van der Waals surface area contributed by atoms with Gasteiger partial charge in [0.1, 0.15) is 5.82 Å². The predicted molar refractivity (Wildman–Crippen MR) is 97.5 cm³/mol. The standard InChI is InChI=1S/C21H20N2O/c1-21(2,3)18-17-16-12-8-7-9-14(16)13-22-19(17)23(20(18)24)15-10-5-4-6-11-15/h4-13,18H,1-3H3. The van der Waals surface area contributed by atoms with Crippen molar-refractivity contribution in [3.8, 4) is 0 Å². The zero-order chi connectivity index (χ0) is 16.9. The molecule has 1 aromatic heterocycles. The Bertz CT molecular complexity index is 925. The van der Waals surface area contributed by atoms with Gasteiger partial charge in [0.2, 0.25) is 5.91 Å². The number of hydrogen-bond donors (Lipinski definition) is 0. The van der Waals surface area contributed by atoms with Crippen LogP contribution in [0.4, 0.5) is 11.5 Å². The van der Waals surface area contributed by atoms with E-state index in [-0.39, 0.29) is 17.2 Å². The molecule has 2 heterocycles. The maximum atomic E-state index is 13.3. The third-order valence-corrected chi connectivity index (χ3v) is 4.67. The Morgan fingerprint density at radius 1 is 0.958 bits per heavy atom. The van der Waals surface area contributed by atoms with Crippen LogP contribution in [0, 0.1) is 5.41 Å². The van der Waals surface area contributed by atoms with E-state index in [2.05, 4.69) is 37.9 Å². The Hall–Kier alpha value is -2.68. The SMILES string of the molecule is CC(C)(C)C1C(=O)N(c2ccccc2)c2ncc3ccccc3c21. The average Bonchev–Trinajstić information content (AvgIpc) is 2.88. The van der Waals surface area contributed by atoms with Crippen molar-refractivity contribution in [3.63, 3.8) is 0 Å². The van der Waals surface area contributed by atoms with Crippen molar-refractivity contribution in [3.05, 3.63) is 66.4 Å². The first kappa shape index (κ1) is 14.9. The highest BCUT2D eigenvalue weighted by Crippen LogP contribution is 2.50. The zero-order valence-corrected chi connectivity index (χ0v) is 14.2. The quantitative estimate of drug-likeness (QED) is 0.630. The molecule has 120 valence electrons. The van der Waals surface area contributed by atoms with E-state index in [1.165, 1.54) is 0 Å². The minimum atomic E-state index is -0.202. The second kappa shape index (κ2) is 5.17. The fraction of sp³-hybridized carbons (Fsp3) is 0.238. The number of carbonyl (C=O) groups excluding carboxylic acids is 1. The molecule has 1 unspecified atom stereocenters. The molecule has 0 bridgehead atoms. The van der Waals surface area contributed by atoms with Crippen LogP contribution >= 0.6 is 0 Å². The summed E-state index contributed by atoms with van der Waals surface area (Å²) in [5, 5.41) is 2.20. The molecule has 4 rings (SSSR count). The summed E-state index contributed by atoms with van der Waals surface area (Å²) < 4.78 is 0. The molecular weight excluding hydrogens is 296 g/mol. The average molecular weight is 316 g/mol. The highest BCUT2D eigenvalue weighted by Gasteiger charge is 2.46. The number of anilines is 2. The van der Waals surface area contributed by atoms with E-state index in [1.807, 2.05) is 48.7 Å². The summed E-state index contributed by atoms with van der Waals surface area (Å²) in [7, 11) is 0. The molecule has 2 aromatic carbocycles. The van der Waals surface area contributed by atoms with E-state index in [9.17, 15) is 4.79 Å². The number of rotatable bonds is 1. The normalized spacial score (nSPS) is 17.4. The van der Waals surface area contributed by atoms with Crippen LogP contribution in [0.3, 0.4) is 0 Å². The van der Waals surface area contributed by atoms with Crippen molar-refractivity contribution in [1.82, 2.24) is 4.98 Å². The largest absolute Gasteiger partial charge is 0.273 e. The third kappa shape index (κ3) is 2.12. The monoisotopic (exact) mass is 316 g/mol. The molecule has 1 aliphatic heterocycles. The summed E-state index contributed by atoms with van der Waals surface area (Å²) in [4.78, 5) is 19.8. The van der Waals surface area contributed by atoms with Crippen LogP contribution in [0.1, 0.15) is 32.3 Å². The van der Waals surface area contributed by atoms with Crippen LogP contribution in [0.5, 0.6) is 0 Å². The molecule has 0 radical (unpaired) electrons. The Kier molecular flexibility index (Phi) is 3.20. The number of hydrogen-bond acceptors (Lipinski definition) is 2. The number of aromatic nitrogens is 1. The molecule has 3 nitrogen and oxygen atoms in total. The molecule has 0 fully saturated rings. The smallest absolute Gasteiger partial charge is 0.240 e. The number of pyridine rings is 1. The van der Waals surface area contributed by atoms with Crippen molar-refractivity contribution in [2.45, 2.75) is 26.7 Å². The molecule has 3 aromatic rings. The van der Waals surface area contributed by atoms with E-state index in [1.54, 1.807) is 4.90 Å². The fourth-order valence-corrected chi connectivity index (χ4v) is 3.63. The van der Waals surface area contributed by atoms with Gasteiger partial charge >= 0.3 is 0 Å². The van der Waals surface area contributed by atoms with Gasteiger partial charge < -0.3 is 0 Å². The summed E-state index contributed by atoms with van der Waals surface area (Å²) in [6, 6.07) is 18.0. The van der Waals surface area contributed by atoms with Gasteiger partial charge in [0.25, 0.3) is 0 Å². The summed E-state index contributed by atoms with van der Waals surface area (Å²) in [5.41, 5.74) is 1.74. The first-order chi connectivity index (χ1) is 11.5. The van der Waals surface area contributed by atoms with E-state index in [4.69, 9.17) is 0 Å². The maximum Gasteiger partial charge on any atom is 0.240 e. The lowest BCUT2D eigenvalue weighted by molar-refractivity contribution is -0.120. The number of amides is 1.